The predicted octanol–water partition coefficient (Wildman–Crippen LogP) is 3.57. The summed E-state index contributed by atoms with van der Waals surface area (Å²) in [6, 6.07) is 5.16. The van der Waals surface area contributed by atoms with Gasteiger partial charge in [0.25, 0.3) is 0 Å². The van der Waals surface area contributed by atoms with Crippen LogP contribution >= 0.6 is 11.6 Å². The number of nitrogens with zero attached hydrogens (tertiary/aromatic N) is 2. The van der Waals surface area contributed by atoms with Gasteiger partial charge in [-0.2, -0.15) is 0 Å². The number of aromatic nitrogens is 2. The summed E-state index contributed by atoms with van der Waals surface area (Å²) >= 11 is 5.65. The Labute approximate surface area is 111 Å². The number of halogens is 2. The van der Waals surface area contributed by atoms with Gasteiger partial charge in [-0.15, -0.1) is 0 Å². The second-order valence-corrected chi connectivity index (χ2v) is 4.50. The lowest BCUT2D eigenvalue weighted by atomic mass is 10.0. The van der Waals surface area contributed by atoms with Crippen LogP contribution in [0.1, 0.15) is 16.8 Å². The smallest absolute Gasteiger partial charge is 0.147 e. The van der Waals surface area contributed by atoms with Gasteiger partial charge in [0.2, 0.25) is 0 Å². The Morgan fingerprint density at radius 2 is 2.06 bits per heavy atom. The van der Waals surface area contributed by atoms with Gasteiger partial charge < -0.3 is 0 Å². The zero-order chi connectivity index (χ0) is 13.0. The maximum Gasteiger partial charge on any atom is 0.147 e. The van der Waals surface area contributed by atoms with Crippen molar-refractivity contribution in [2.75, 3.05) is 0 Å². The fourth-order valence-electron chi connectivity index (χ4n) is 1.66. The highest BCUT2D eigenvalue weighted by molar-refractivity contribution is 6.29. The predicted molar refractivity (Wildman–Crippen MR) is 69.9 cm³/mol. The maximum atomic E-state index is 13.1. The van der Waals surface area contributed by atoms with Crippen LogP contribution in [-0.4, -0.2) is 9.97 Å². The molecule has 0 amide bonds. The van der Waals surface area contributed by atoms with Gasteiger partial charge in [-0.3, -0.25) is 4.98 Å². The van der Waals surface area contributed by atoms with Crippen molar-refractivity contribution in [2.24, 2.45) is 0 Å². The molecule has 93 valence electrons. The molecular weight excluding hydrogens is 251 g/mol. The van der Waals surface area contributed by atoms with Gasteiger partial charge in [0.05, 0.1) is 18.1 Å². The molecule has 0 saturated carbocycles. The van der Waals surface area contributed by atoms with Gasteiger partial charge in [-0.1, -0.05) is 23.7 Å². The minimum Gasteiger partial charge on any atom is -0.256 e. The van der Waals surface area contributed by atoms with Gasteiger partial charge in [0, 0.05) is 0 Å². The fraction of sp³-hybridized carbons (Fsp3) is 0.214. The van der Waals surface area contributed by atoms with Crippen molar-refractivity contribution in [3.63, 3.8) is 0 Å². The van der Waals surface area contributed by atoms with Crippen molar-refractivity contribution in [1.82, 2.24) is 9.97 Å². The van der Waals surface area contributed by atoms with Crippen LogP contribution in [0.15, 0.2) is 30.6 Å². The molecule has 2 rings (SSSR count). The third kappa shape index (κ3) is 3.50. The molecule has 0 unspecified atom stereocenters. The van der Waals surface area contributed by atoms with Crippen LogP contribution in [0.25, 0.3) is 0 Å². The highest BCUT2D eigenvalue weighted by Crippen LogP contribution is 2.12. The molecule has 1 radical (unpaired) electrons. The van der Waals surface area contributed by atoms with Crippen molar-refractivity contribution in [1.29, 1.82) is 0 Å². The fourth-order valence-corrected chi connectivity index (χ4v) is 1.76. The molecule has 18 heavy (non-hydrogen) atoms. The van der Waals surface area contributed by atoms with Crippen LogP contribution in [0.5, 0.6) is 0 Å². The van der Waals surface area contributed by atoms with Crippen LogP contribution in [0.3, 0.4) is 0 Å². The van der Waals surface area contributed by atoms with Gasteiger partial charge in [0.15, 0.2) is 0 Å². The zero-order valence-corrected chi connectivity index (χ0v) is 10.8. The summed E-state index contributed by atoms with van der Waals surface area (Å²) in [6.45, 7) is 1.77. The van der Waals surface area contributed by atoms with E-state index in [1.54, 1.807) is 19.2 Å². The number of hydrogen-bond donors (Lipinski definition) is 0. The van der Waals surface area contributed by atoms with E-state index in [9.17, 15) is 4.39 Å². The Morgan fingerprint density at radius 3 is 2.72 bits per heavy atom. The Balaban J connectivity index is 1.88. The first-order chi connectivity index (χ1) is 8.65. The van der Waals surface area contributed by atoms with Crippen LogP contribution in [-0.2, 0) is 12.8 Å². The summed E-state index contributed by atoms with van der Waals surface area (Å²) in [5.41, 5.74) is 2.64. The molecule has 1 aromatic heterocycles. The maximum absolute atomic E-state index is 13.1. The van der Waals surface area contributed by atoms with E-state index in [4.69, 9.17) is 11.6 Å². The van der Waals surface area contributed by atoms with E-state index >= 15 is 0 Å². The van der Waals surface area contributed by atoms with Crippen LogP contribution in [0.2, 0.25) is 5.15 Å². The second kappa shape index (κ2) is 5.91. The van der Waals surface area contributed by atoms with E-state index in [1.165, 1.54) is 12.3 Å². The molecule has 0 fully saturated rings. The van der Waals surface area contributed by atoms with Crippen LogP contribution in [0.4, 0.5) is 4.39 Å². The van der Waals surface area contributed by atoms with E-state index in [0.29, 0.717) is 10.7 Å². The van der Waals surface area contributed by atoms with Crippen molar-refractivity contribution in [3.05, 3.63) is 64.8 Å². The standard InChI is InChI=1S/C14H13ClFN2/c1-10-7-11(5-6-13(10)16)3-2-4-12-8-18-14(15)9-17-12/h2,5-9H,3-4H2,1H3. The minimum absolute atomic E-state index is 0.165. The molecule has 0 aliphatic carbocycles. The lowest BCUT2D eigenvalue weighted by Gasteiger charge is -2.03. The molecule has 1 aromatic carbocycles. The molecule has 0 aliphatic heterocycles. The third-order valence-electron chi connectivity index (χ3n) is 2.63. The van der Waals surface area contributed by atoms with E-state index in [-0.39, 0.29) is 5.82 Å². The molecule has 4 heteroatoms. The van der Waals surface area contributed by atoms with Crippen molar-refractivity contribution in [2.45, 2.75) is 19.8 Å². The Kier molecular flexibility index (Phi) is 4.26. The van der Waals surface area contributed by atoms with Crippen LogP contribution in [0, 0.1) is 19.2 Å². The zero-order valence-electron chi connectivity index (χ0n) is 10.0. The first-order valence-electron chi connectivity index (χ1n) is 5.68. The summed E-state index contributed by atoms with van der Waals surface area (Å²) in [5.74, 6) is -0.165. The number of rotatable bonds is 4. The summed E-state index contributed by atoms with van der Waals surface area (Å²) in [5, 5.41) is 0.396. The number of hydrogen-bond acceptors (Lipinski definition) is 2. The van der Waals surface area contributed by atoms with E-state index in [1.807, 2.05) is 6.07 Å². The van der Waals surface area contributed by atoms with Gasteiger partial charge >= 0.3 is 0 Å². The largest absolute Gasteiger partial charge is 0.256 e. The average Bonchev–Trinajstić information content (AvgIpc) is 2.36. The Morgan fingerprint density at radius 1 is 1.22 bits per heavy atom. The Hall–Kier alpha value is -1.48. The molecule has 0 atom stereocenters. The van der Waals surface area contributed by atoms with E-state index in [0.717, 1.165) is 24.1 Å². The quantitative estimate of drug-likeness (QED) is 0.843. The SMILES string of the molecule is Cc1cc(C[CH]Cc2cnc(Cl)cn2)ccc1F. The molecule has 0 saturated heterocycles. The lowest BCUT2D eigenvalue weighted by Crippen LogP contribution is -1.96. The monoisotopic (exact) mass is 263 g/mol. The van der Waals surface area contributed by atoms with Crippen molar-refractivity contribution < 1.29 is 4.39 Å². The van der Waals surface area contributed by atoms with Crippen molar-refractivity contribution >= 4 is 11.6 Å². The molecule has 0 aliphatic rings. The topological polar surface area (TPSA) is 25.8 Å². The highest BCUT2D eigenvalue weighted by Gasteiger charge is 2.01. The number of benzene rings is 1. The van der Waals surface area contributed by atoms with Gasteiger partial charge in [-0.05, 0) is 43.4 Å². The second-order valence-electron chi connectivity index (χ2n) is 4.11. The van der Waals surface area contributed by atoms with E-state index in [2.05, 4.69) is 16.4 Å². The molecule has 2 aromatic rings. The molecule has 1 heterocycles. The molecule has 0 spiro atoms. The molecular formula is C14H13ClFN2. The highest BCUT2D eigenvalue weighted by atomic mass is 35.5. The van der Waals surface area contributed by atoms with Gasteiger partial charge in [0.1, 0.15) is 11.0 Å². The molecule has 0 N–H and O–H groups in total. The van der Waals surface area contributed by atoms with E-state index < -0.39 is 0 Å². The minimum atomic E-state index is -0.165. The first-order valence-corrected chi connectivity index (χ1v) is 6.06. The van der Waals surface area contributed by atoms with Crippen LogP contribution < -0.4 is 0 Å². The average molecular weight is 264 g/mol. The third-order valence-corrected chi connectivity index (χ3v) is 2.82. The summed E-state index contributed by atoms with van der Waals surface area (Å²) in [4.78, 5) is 8.12. The lowest BCUT2D eigenvalue weighted by molar-refractivity contribution is 0.617. The summed E-state index contributed by atoms with van der Waals surface area (Å²) in [7, 11) is 0. The summed E-state index contributed by atoms with van der Waals surface area (Å²) in [6.07, 6.45) is 6.79. The Bertz CT molecular complexity index is 526. The molecule has 2 nitrogen and oxygen atoms in total. The normalized spacial score (nSPS) is 10.6. The number of aryl methyl sites for hydroxylation is 1. The first kappa shape index (κ1) is 13.0. The summed E-state index contributed by atoms with van der Waals surface area (Å²) < 4.78 is 13.1. The van der Waals surface area contributed by atoms with Gasteiger partial charge in [-0.25, -0.2) is 9.37 Å². The van der Waals surface area contributed by atoms with Crippen molar-refractivity contribution in [3.8, 4) is 0 Å². The molecule has 0 bridgehead atoms.